The van der Waals surface area contributed by atoms with Gasteiger partial charge in [-0.25, -0.2) is 4.98 Å². The van der Waals surface area contributed by atoms with Gasteiger partial charge in [0.25, 0.3) is 0 Å². The average molecular weight is 348 g/mol. The zero-order chi connectivity index (χ0) is 17.1. The van der Waals surface area contributed by atoms with Crippen LogP contribution in [0.3, 0.4) is 0 Å². The predicted molar refractivity (Wildman–Crippen MR) is 94.0 cm³/mol. The summed E-state index contributed by atoms with van der Waals surface area (Å²) in [6.07, 6.45) is 1.81. The van der Waals surface area contributed by atoms with E-state index in [0.717, 1.165) is 24.5 Å². The molecule has 3 rings (SSSR count). The maximum atomic E-state index is 12.7. The van der Waals surface area contributed by atoms with Crippen LogP contribution in [-0.2, 0) is 29.7 Å². The number of ether oxygens (including phenoxy) is 1. The minimum absolute atomic E-state index is 0.0458. The Morgan fingerprint density at radius 3 is 3.08 bits per heavy atom. The van der Waals surface area contributed by atoms with E-state index in [4.69, 9.17) is 4.74 Å². The van der Waals surface area contributed by atoms with E-state index in [1.54, 1.807) is 24.8 Å². The van der Waals surface area contributed by atoms with Crippen molar-refractivity contribution < 1.29 is 9.53 Å². The normalized spacial score (nSPS) is 17.7. The second-order valence-electron chi connectivity index (χ2n) is 6.22. The molecule has 24 heavy (non-hydrogen) atoms. The number of aromatic nitrogens is 2. The highest BCUT2D eigenvalue weighted by Gasteiger charge is 2.33. The highest BCUT2D eigenvalue weighted by Crippen LogP contribution is 2.29. The van der Waals surface area contributed by atoms with E-state index in [1.165, 1.54) is 10.4 Å². The smallest absolute Gasteiger partial charge is 0.230 e. The summed E-state index contributed by atoms with van der Waals surface area (Å²) in [5, 5.41) is 5.09. The molecule has 130 valence electrons. The summed E-state index contributed by atoms with van der Waals surface area (Å²) < 4.78 is 7.00. The van der Waals surface area contributed by atoms with Crippen LogP contribution >= 0.6 is 11.3 Å². The Hall–Kier alpha value is -1.70. The van der Waals surface area contributed by atoms with Crippen molar-refractivity contribution in [3.63, 3.8) is 0 Å². The van der Waals surface area contributed by atoms with Crippen molar-refractivity contribution in [3.8, 4) is 0 Å². The van der Waals surface area contributed by atoms with Crippen LogP contribution in [0, 0.1) is 6.92 Å². The molecule has 0 unspecified atom stereocenters. The first-order chi connectivity index (χ1) is 11.6. The lowest BCUT2D eigenvalue weighted by molar-refractivity contribution is -0.123. The number of methoxy groups -OCH3 is 1. The van der Waals surface area contributed by atoms with Gasteiger partial charge in [0.05, 0.1) is 30.2 Å². The first kappa shape index (κ1) is 17.1. The lowest BCUT2D eigenvalue weighted by Gasteiger charge is -2.32. The van der Waals surface area contributed by atoms with Crippen molar-refractivity contribution in [1.29, 1.82) is 0 Å². The molecular formula is C17H24N4O2S. The second kappa shape index (κ2) is 7.46. The largest absolute Gasteiger partial charge is 0.383 e. The SMILES string of the molecule is COCCNC(=O)[C@H]1CN(Cc2sccc2C)Cc2ncn(C)c21. The molecule has 0 fully saturated rings. The number of thiophene rings is 1. The molecular weight excluding hydrogens is 324 g/mol. The zero-order valence-corrected chi connectivity index (χ0v) is 15.2. The number of amides is 1. The highest BCUT2D eigenvalue weighted by molar-refractivity contribution is 7.10. The van der Waals surface area contributed by atoms with Crippen LogP contribution < -0.4 is 5.32 Å². The van der Waals surface area contributed by atoms with Gasteiger partial charge in [0.2, 0.25) is 5.91 Å². The molecule has 1 amide bonds. The van der Waals surface area contributed by atoms with Crippen LogP contribution in [0.4, 0.5) is 0 Å². The number of nitrogens with zero attached hydrogens (tertiary/aromatic N) is 3. The molecule has 1 N–H and O–H groups in total. The molecule has 0 saturated heterocycles. The van der Waals surface area contributed by atoms with Crippen molar-refractivity contribution in [2.45, 2.75) is 25.9 Å². The van der Waals surface area contributed by atoms with Gasteiger partial charge in [-0.1, -0.05) is 0 Å². The Balaban J connectivity index is 1.77. The molecule has 6 nitrogen and oxygen atoms in total. The van der Waals surface area contributed by atoms with E-state index >= 15 is 0 Å². The summed E-state index contributed by atoms with van der Waals surface area (Å²) >= 11 is 1.77. The summed E-state index contributed by atoms with van der Waals surface area (Å²) in [6, 6.07) is 2.14. The van der Waals surface area contributed by atoms with Gasteiger partial charge in [-0.2, -0.15) is 0 Å². The Bertz CT molecular complexity index is 709. The van der Waals surface area contributed by atoms with Crippen molar-refractivity contribution in [2.75, 3.05) is 26.8 Å². The topological polar surface area (TPSA) is 59.4 Å². The maximum Gasteiger partial charge on any atom is 0.230 e. The van der Waals surface area contributed by atoms with E-state index in [1.807, 2.05) is 11.6 Å². The van der Waals surface area contributed by atoms with E-state index in [2.05, 4.69) is 33.6 Å². The Labute approximate surface area is 146 Å². The molecule has 1 aliphatic rings. The predicted octanol–water partition coefficient (Wildman–Crippen LogP) is 1.65. The van der Waals surface area contributed by atoms with Crippen LogP contribution in [0.5, 0.6) is 0 Å². The molecule has 2 aromatic rings. The quantitative estimate of drug-likeness (QED) is 0.807. The monoisotopic (exact) mass is 348 g/mol. The number of rotatable bonds is 6. The summed E-state index contributed by atoms with van der Waals surface area (Å²) in [4.78, 5) is 20.8. The molecule has 2 aromatic heterocycles. The number of nitrogens with one attached hydrogen (secondary N) is 1. The van der Waals surface area contributed by atoms with Crippen molar-refractivity contribution in [2.24, 2.45) is 7.05 Å². The van der Waals surface area contributed by atoms with Crippen LogP contribution in [-0.4, -0.2) is 47.2 Å². The Kier molecular flexibility index (Phi) is 5.33. The molecule has 3 heterocycles. The fourth-order valence-electron chi connectivity index (χ4n) is 3.17. The van der Waals surface area contributed by atoms with Crippen molar-refractivity contribution >= 4 is 17.2 Å². The molecule has 0 aromatic carbocycles. The van der Waals surface area contributed by atoms with Gasteiger partial charge >= 0.3 is 0 Å². The number of imidazole rings is 1. The lowest BCUT2D eigenvalue weighted by Crippen LogP contribution is -2.42. The van der Waals surface area contributed by atoms with Crippen molar-refractivity contribution in [1.82, 2.24) is 19.8 Å². The van der Waals surface area contributed by atoms with Gasteiger partial charge in [0.15, 0.2) is 0 Å². The van der Waals surface area contributed by atoms with Gasteiger partial charge in [-0.15, -0.1) is 11.3 Å². The molecule has 0 aliphatic carbocycles. The molecule has 1 aliphatic heterocycles. The van der Waals surface area contributed by atoms with E-state index in [0.29, 0.717) is 19.7 Å². The Morgan fingerprint density at radius 2 is 2.38 bits per heavy atom. The fourth-order valence-corrected chi connectivity index (χ4v) is 4.12. The number of aryl methyl sites for hydroxylation is 2. The average Bonchev–Trinajstić information content (AvgIpc) is 3.13. The first-order valence-corrected chi connectivity index (χ1v) is 9.00. The lowest BCUT2D eigenvalue weighted by atomic mass is 9.97. The third kappa shape index (κ3) is 3.53. The minimum atomic E-state index is -0.196. The van der Waals surface area contributed by atoms with Gasteiger partial charge in [0.1, 0.15) is 0 Å². The third-order valence-corrected chi connectivity index (χ3v) is 5.47. The van der Waals surface area contributed by atoms with Crippen LogP contribution in [0.15, 0.2) is 17.8 Å². The highest BCUT2D eigenvalue weighted by atomic mass is 32.1. The van der Waals surface area contributed by atoms with Crippen LogP contribution in [0.1, 0.15) is 27.7 Å². The van der Waals surface area contributed by atoms with Gasteiger partial charge in [-0.05, 0) is 23.9 Å². The van der Waals surface area contributed by atoms with Crippen LogP contribution in [0.25, 0.3) is 0 Å². The summed E-state index contributed by atoms with van der Waals surface area (Å²) in [5.74, 6) is -0.150. The molecule has 0 saturated carbocycles. The molecule has 0 radical (unpaired) electrons. The summed E-state index contributed by atoms with van der Waals surface area (Å²) in [5.41, 5.74) is 3.35. The second-order valence-corrected chi connectivity index (χ2v) is 7.22. The Morgan fingerprint density at radius 1 is 1.54 bits per heavy atom. The fraction of sp³-hybridized carbons (Fsp3) is 0.529. The standard InChI is InChI=1S/C17H24N4O2S/c1-12-4-7-24-15(12)10-21-8-13(17(22)18-5-6-23-3)16-14(9-21)19-11-20(16)2/h4,7,11,13H,5-6,8-10H2,1-3H3,(H,18,22)/t13-/m0/s1. The zero-order valence-electron chi connectivity index (χ0n) is 14.4. The van der Waals surface area contributed by atoms with Gasteiger partial charge in [0, 0.05) is 45.2 Å². The number of carbonyl (C=O) groups is 1. The number of hydrogen-bond donors (Lipinski definition) is 1. The van der Waals surface area contributed by atoms with E-state index < -0.39 is 0 Å². The van der Waals surface area contributed by atoms with Crippen LogP contribution in [0.2, 0.25) is 0 Å². The molecule has 0 bridgehead atoms. The van der Waals surface area contributed by atoms with Gasteiger partial charge < -0.3 is 14.6 Å². The molecule has 7 heteroatoms. The maximum absolute atomic E-state index is 12.7. The summed E-state index contributed by atoms with van der Waals surface area (Å²) in [7, 11) is 3.59. The van der Waals surface area contributed by atoms with E-state index in [-0.39, 0.29) is 11.8 Å². The van der Waals surface area contributed by atoms with E-state index in [9.17, 15) is 4.79 Å². The van der Waals surface area contributed by atoms with Crippen molar-refractivity contribution in [3.05, 3.63) is 39.6 Å². The minimum Gasteiger partial charge on any atom is -0.383 e. The first-order valence-electron chi connectivity index (χ1n) is 8.12. The number of fused-ring (bicyclic) bond motifs is 1. The number of hydrogen-bond acceptors (Lipinski definition) is 5. The molecule has 0 spiro atoms. The number of carbonyl (C=O) groups excluding carboxylic acids is 1. The van der Waals surface area contributed by atoms with Gasteiger partial charge in [-0.3, -0.25) is 9.69 Å². The molecule has 1 atom stereocenters. The third-order valence-electron chi connectivity index (χ3n) is 4.46. The summed E-state index contributed by atoms with van der Waals surface area (Å²) in [6.45, 7) is 5.55.